The third kappa shape index (κ3) is 2.31. The first kappa shape index (κ1) is 9.27. The number of phenols is 1. The van der Waals surface area contributed by atoms with Gasteiger partial charge in [0.05, 0.1) is 6.61 Å². The maximum absolute atomic E-state index is 9.91. The molecule has 0 spiro atoms. The average Bonchev–Trinajstić information content (AvgIpc) is 2.07. The number of aromatic hydroxyl groups is 1. The van der Waals surface area contributed by atoms with Crippen LogP contribution in [0.2, 0.25) is 0 Å². The molecule has 1 rings (SSSR count). The quantitative estimate of drug-likeness (QED) is 0.527. The van der Waals surface area contributed by atoms with Crippen LogP contribution in [0.4, 0.5) is 0 Å². The molecule has 70 valence electrons. The molecule has 1 aromatic rings. The summed E-state index contributed by atoms with van der Waals surface area (Å²) in [6.45, 7) is -0.402. The van der Waals surface area contributed by atoms with E-state index in [1.807, 2.05) is 0 Å². The van der Waals surface area contributed by atoms with E-state index in [1.54, 1.807) is 0 Å². The fourth-order valence-corrected chi connectivity index (χ4v) is 0.831. The van der Waals surface area contributed by atoms with Crippen molar-refractivity contribution in [1.29, 1.82) is 0 Å². The van der Waals surface area contributed by atoms with Crippen LogP contribution < -0.4 is 4.84 Å². The Morgan fingerprint density at radius 2 is 2.23 bits per heavy atom. The molecule has 0 atom stereocenters. The molecular formula is C7H7NO5. The second-order valence-electron chi connectivity index (χ2n) is 2.26. The zero-order chi connectivity index (χ0) is 9.84. The molecule has 0 aromatic heterocycles. The molecule has 0 bridgehead atoms. The fraction of sp³-hybridized carbons (Fsp3) is 0.143. The predicted molar refractivity (Wildman–Crippen MR) is 41.7 cm³/mol. The van der Waals surface area contributed by atoms with Gasteiger partial charge in [-0.3, -0.25) is 4.84 Å². The van der Waals surface area contributed by atoms with Crippen LogP contribution in [0.5, 0.6) is 11.5 Å². The zero-order valence-electron chi connectivity index (χ0n) is 6.51. The summed E-state index contributed by atoms with van der Waals surface area (Å²) in [6, 6.07) is 3.64. The van der Waals surface area contributed by atoms with Crippen molar-refractivity contribution in [3.63, 3.8) is 0 Å². The summed E-state index contributed by atoms with van der Waals surface area (Å²) >= 11 is 0. The maximum Gasteiger partial charge on any atom is 0.299 e. The highest BCUT2D eigenvalue weighted by Gasteiger charge is 2.04. The van der Waals surface area contributed by atoms with Gasteiger partial charge in [0, 0.05) is 5.56 Å². The molecule has 0 amide bonds. The summed E-state index contributed by atoms with van der Waals surface area (Å²) in [6.07, 6.45) is 0. The fourth-order valence-electron chi connectivity index (χ4n) is 0.831. The number of nitrogens with zero attached hydrogens (tertiary/aromatic N) is 1. The molecule has 0 heterocycles. The monoisotopic (exact) mass is 185 g/mol. The molecule has 0 aliphatic carbocycles. The van der Waals surface area contributed by atoms with E-state index in [4.69, 9.17) is 10.2 Å². The van der Waals surface area contributed by atoms with E-state index in [-0.39, 0.29) is 17.1 Å². The van der Waals surface area contributed by atoms with Crippen LogP contribution in [0.3, 0.4) is 0 Å². The summed E-state index contributed by atoms with van der Waals surface area (Å²) in [5, 5.41) is 26.7. The number of rotatable bonds is 3. The first-order chi connectivity index (χ1) is 6.13. The van der Waals surface area contributed by atoms with Crippen LogP contribution >= 0.6 is 0 Å². The van der Waals surface area contributed by atoms with Crippen LogP contribution in [0.25, 0.3) is 0 Å². The van der Waals surface area contributed by atoms with Crippen molar-refractivity contribution in [3.05, 3.63) is 33.9 Å². The molecule has 0 saturated carbocycles. The highest BCUT2D eigenvalue weighted by Crippen LogP contribution is 2.22. The summed E-state index contributed by atoms with van der Waals surface area (Å²) in [5.41, 5.74) is 0.180. The molecule has 13 heavy (non-hydrogen) atoms. The van der Waals surface area contributed by atoms with Crippen LogP contribution in [0.1, 0.15) is 5.56 Å². The first-order valence-corrected chi connectivity index (χ1v) is 3.38. The molecule has 2 N–H and O–H groups in total. The van der Waals surface area contributed by atoms with Gasteiger partial charge >= 0.3 is 0 Å². The van der Waals surface area contributed by atoms with Crippen molar-refractivity contribution in [2.45, 2.75) is 6.61 Å². The standard InChI is InChI=1S/C7H7NO5/c9-4-5-3-6(13-8(11)12)1-2-7(5)10/h1-3,9-10H,4H2. The highest BCUT2D eigenvalue weighted by atomic mass is 17.0. The lowest BCUT2D eigenvalue weighted by Crippen LogP contribution is -2.03. The Morgan fingerprint density at radius 1 is 1.54 bits per heavy atom. The van der Waals surface area contributed by atoms with Crippen molar-refractivity contribution < 1.29 is 20.1 Å². The predicted octanol–water partition coefficient (Wildman–Crippen LogP) is 0.455. The average molecular weight is 185 g/mol. The number of benzene rings is 1. The smallest absolute Gasteiger partial charge is 0.299 e. The van der Waals surface area contributed by atoms with E-state index in [1.165, 1.54) is 18.2 Å². The molecule has 0 radical (unpaired) electrons. The van der Waals surface area contributed by atoms with Gasteiger partial charge in [-0.25, -0.2) is 0 Å². The van der Waals surface area contributed by atoms with Crippen molar-refractivity contribution in [3.8, 4) is 11.5 Å². The number of hydrogen-bond donors (Lipinski definition) is 2. The largest absolute Gasteiger partial charge is 0.508 e. The molecule has 1 aromatic carbocycles. The molecule has 6 nitrogen and oxygen atoms in total. The minimum absolute atomic E-state index is 0.0353. The lowest BCUT2D eigenvalue weighted by molar-refractivity contribution is -0.711. The van der Waals surface area contributed by atoms with Crippen molar-refractivity contribution in [2.24, 2.45) is 0 Å². The van der Waals surface area contributed by atoms with Crippen LogP contribution in [0, 0.1) is 10.1 Å². The topological polar surface area (TPSA) is 92.8 Å². The molecule has 0 fully saturated rings. The van der Waals surface area contributed by atoms with Crippen LogP contribution in [-0.4, -0.2) is 15.3 Å². The van der Waals surface area contributed by atoms with Gasteiger partial charge in [-0.1, -0.05) is 0 Å². The Balaban J connectivity index is 2.92. The maximum atomic E-state index is 9.91. The van der Waals surface area contributed by atoms with Crippen molar-refractivity contribution in [1.82, 2.24) is 0 Å². The van der Waals surface area contributed by atoms with Crippen LogP contribution in [-0.2, 0) is 6.61 Å². The zero-order valence-corrected chi connectivity index (χ0v) is 6.51. The molecule has 6 heteroatoms. The molecular weight excluding hydrogens is 178 g/mol. The second kappa shape index (κ2) is 3.72. The Labute approximate surface area is 73.1 Å². The third-order valence-corrected chi connectivity index (χ3v) is 1.40. The third-order valence-electron chi connectivity index (χ3n) is 1.40. The van der Waals surface area contributed by atoms with Crippen LogP contribution in [0.15, 0.2) is 18.2 Å². The number of aliphatic hydroxyl groups excluding tert-OH is 1. The van der Waals surface area contributed by atoms with Gasteiger partial charge in [0.1, 0.15) is 11.5 Å². The van der Waals surface area contributed by atoms with Gasteiger partial charge in [-0.2, -0.15) is 0 Å². The summed E-state index contributed by atoms with van der Waals surface area (Å²) in [4.78, 5) is 14.0. The second-order valence-corrected chi connectivity index (χ2v) is 2.26. The normalized spacial score (nSPS) is 9.62. The lowest BCUT2D eigenvalue weighted by atomic mass is 10.2. The number of hydrogen-bond acceptors (Lipinski definition) is 5. The van der Waals surface area contributed by atoms with Gasteiger partial charge in [0.15, 0.2) is 0 Å². The van der Waals surface area contributed by atoms with E-state index in [2.05, 4.69) is 4.84 Å². The summed E-state index contributed by atoms with van der Waals surface area (Å²) in [7, 11) is 0. The summed E-state index contributed by atoms with van der Waals surface area (Å²) in [5.74, 6) is -0.162. The van der Waals surface area contributed by atoms with Gasteiger partial charge in [-0.05, 0) is 18.2 Å². The van der Waals surface area contributed by atoms with Crippen molar-refractivity contribution >= 4 is 0 Å². The Hall–Kier alpha value is -1.82. The van der Waals surface area contributed by atoms with Gasteiger partial charge < -0.3 is 10.2 Å². The molecule has 0 unspecified atom stereocenters. The molecule has 0 saturated heterocycles. The van der Waals surface area contributed by atoms with E-state index in [9.17, 15) is 10.1 Å². The first-order valence-electron chi connectivity index (χ1n) is 3.38. The van der Waals surface area contributed by atoms with Gasteiger partial charge in [0.25, 0.3) is 5.09 Å². The minimum Gasteiger partial charge on any atom is -0.508 e. The van der Waals surface area contributed by atoms with E-state index in [0.29, 0.717) is 0 Å². The van der Waals surface area contributed by atoms with Crippen molar-refractivity contribution in [2.75, 3.05) is 0 Å². The van der Waals surface area contributed by atoms with Gasteiger partial charge in [-0.15, -0.1) is 10.1 Å². The highest BCUT2D eigenvalue weighted by molar-refractivity contribution is 5.38. The van der Waals surface area contributed by atoms with E-state index in [0.717, 1.165) is 0 Å². The number of aliphatic hydroxyl groups is 1. The van der Waals surface area contributed by atoms with E-state index < -0.39 is 11.7 Å². The van der Waals surface area contributed by atoms with E-state index >= 15 is 0 Å². The molecule has 0 aliphatic rings. The Kier molecular flexibility index (Phi) is 2.65. The SMILES string of the molecule is O=[N+]([O-])Oc1ccc(O)c(CO)c1. The van der Waals surface area contributed by atoms with Gasteiger partial charge in [0.2, 0.25) is 0 Å². The minimum atomic E-state index is -0.965. The summed E-state index contributed by atoms with van der Waals surface area (Å²) < 4.78 is 0. The Morgan fingerprint density at radius 3 is 2.77 bits per heavy atom. The Bertz CT molecular complexity index is 325. The lowest BCUT2D eigenvalue weighted by Gasteiger charge is -2.02. The molecule has 0 aliphatic heterocycles.